The van der Waals surface area contributed by atoms with Gasteiger partial charge in [0.1, 0.15) is 0 Å². The third-order valence-corrected chi connectivity index (χ3v) is 3.26. The van der Waals surface area contributed by atoms with Crippen LogP contribution in [0.2, 0.25) is 5.02 Å². The molecule has 0 aromatic heterocycles. The van der Waals surface area contributed by atoms with Gasteiger partial charge in [0.05, 0.1) is 0 Å². The summed E-state index contributed by atoms with van der Waals surface area (Å²) in [6.07, 6.45) is 8.59. The van der Waals surface area contributed by atoms with Gasteiger partial charge in [0.25, 0.3) is 0 Å². The van der Waals surface area contributed by atoms with Gasteiger partial charge in [-0.1, -0.05) is 55.8 Å². The molecule has 1 nitrogen and oxygen atoms in total. The molecule has 17 heavy (non-hydrogen) atoms. The van der Waals surface area contributed by atoms with Crippen molar-refractivity contribution in [3.05, 3.63) is 34.9 Å². The number of hydrogen-bond donors (Lipinski definition) is 0. The normalized spacial score (nSPS) is 14.6. The van der Waals surface area contributed by atoms with Crippen LogP contribution in [0.15, 0.2) is 24.3 Å². The van der Waals surface area contributed by atoms with Crippen molar-refractivity contribution in [2.24, 2.45) is 0 Å². The fourth-order valence-electron chi connectivity index (χ4n) is 1.89. The first-order chi connectivity index (χ1) is 8.18. The van der Waals surface area contributed by atoms with Gasteiger partial charge in [-0.05, 0) is 38.2 Å². The zero-order chi connectivity index (χ0) is 12.5. The summed E-state index contributed by atoms with van der Waals surface area (Å²) < 4.78 is 0. The summed E-state index contributed by atoms with van der Waals surface area (Å²) in [7, 11) is 4.16. The van der Waals surface area contributed by atoms with Gasteiger partial charge in [-0.2, -0.15) is 0 Å². The maximum atomic E-state index is 5.76. The molecular weight excluding hydrogens is 230 g/mol. The van der Waals surface area contributed by atoms with Crippen molar-refractivity contribution in [1.82, 2.24) is 4.90 Å². The van der Waals surface area contributed by atoms with E-state index in [9.17, 15) is 0 Å². The lowest BCUT2D eigenvalue weighted by molar-refractivity contribution is 0.413. The van der Waals surface area contributed by atoms with E-state index in [1.165, 1.54) is 37.7 Å². The summed E-state index contributed by atoms with van der Waals surface area (Å²) in [5.74, 6) is 0. The van der Waals surface area contributed by atoms with E-state index in [-0.39, 0.29) is 0 Å². The molecule has 1 aliphatic carbocycles. The highest BCUT2D eigenvalue weighted by Gasteiger charge is 1.95. The Morgan fingerprint density at radius 1 is 0.941 bits per heavy atom. The second-order valence-electron chi connectivity index (χ2n) is 4.95. The Morgan fingerprint density at radius 3 is 1.82 bits per heavy atom. The second-order valence-corrected chi connectivity index (χ2v) is 5.38. The third-order valence-electron chi connectivity index (χ3n) is 3.01. The first-order valence-corrected chi connectivity index (χ1v) is 6.95. The topological polar surface area (TPSA) is 3.24 Å². The van der Waals surface area contributed by atoms with Gasteiger partial charge in [0.2, 0.25) is 0 Å². The molecule has 0 aliphatic heterocycles. The van der Waals surface area contributed by atoms with Crippen LogP contribution in [-0.4, -0.2) is 25.5 Å². The van der Waals surface area contributed by atoms with Gasteiger partial charge in [0.15, 0.2) is 0 Å². The molecule has 0 N–H and O–H groups in total. The number of halogens is 1. The molecule has 0 radical (unpaired) electrons. The van der Waals surface area contributed by atoms with Crippen LogP contribution in [-0.2, 0) is 6.42 Å². The Labute approximate surface area is 111 Å². The molecule has 0 spiro atoms. The van der Waals surface area contributed by atoms with E-state index in [1.807, 2.05) is 12.1 Å². The molecule has 96 valence electrons. The maximum Gasteiger partial charge on any atom is 0.0406 e. The third kappa shape index (κ3) is 7.40. The minimum atomic E-state index is 0.809. The highest BCUT2D eigenvalue weighted by Crippen LogP contribution is 2.15. The second kappa shape index (κ2) is 8.54. The quantitative estimate of drug-likeness (QED) is 0.772. The van der Waals surface area contributed by atoms with Gasteiger partial charge in [-0.15, -0.1) is 0 Å². The monoisotopic (exact) mass is 253 g/mol. The first kappa shape index (κ1) is 14.5. The zero-order valence-electron chi connectivity index (χ0n) is 11.1. The number of rotatable bonds is 3. The van der Waals surface area contributed by atoms with E-state index >= 15 is 0 Å². The molecular formula is C15H24ClN. The lowest BCUT2D eigenvalue weighted by atomic mass is 10.1. The predicted octanol–water partition coefficient (Wildman–Crippen LogP) is 4.39. The molecule has 2 heteroatoms. The van der Waals surface area contributed by atoms with Crippen LogP contribution in [0.1, 0.15) is 37.7 Å². The molecule has 1 aliphatic rings. The smallest absolute Gasteiger partial charge is 0.0406 e. The Bertz CT molecular complexity index is 281. The Hall–Kier alpha value is -0.530. The molecule has 2 rings (SSSR count). The van der Waals surface area contributed by atoms with Gasteiger partial charge in [0, 0.05) is 11.6 Å². The molecule has 1 fully saturated rings. The molecule has 0 amide bonds. The average Bonchev–Trinajstić information content (AvgIpc) is 2.87. The van der Waals surface area contributed by atoms with Crippen molar-refractivity contribution >= 4 is 11.6 Å². The van der Waals surface area contributed by atoms with Gasteiger partial charge in [-0.25, -0.2) is 0 Å². The van der Waals surface area contributed by atoms with Crippen molar-refractivity contribution in [1.29, 1.82) is 0 Å². The summed E-state index contributed by atoms with van der Waals surface area (Å²) >= 11 is 5.76. The highest BCUT2D eigenvalue weighted by atomic mass is 35.5. The first-order valence-electron chi connectivity index (χ1n) is 6.57. The van der Waals surface area contributed by atoms with Crippen LogP contribution in [0.25, 0.3) is 0 Å². The van der Waals surface area contributed by atoms with Crippen molar-refractivity contribution in [2.45, 2.75) is 38.5 Å². The number of likely N-dealkylation sites (N-methyl/N-ethyl adjacent to an activating group) is 1. The molecule has 0 bridgehead atoms. The van der Waals surface area contributed by atoms with Crippen molar-refractivity contribution < 1.29 is 0 Å². The Morgan fingerprint density at radius 2 is 1.41 bits per heavy atom. The van der Waals surface area contributed by atoms with E-state index in [4.69, 9.17) is 11.6 Å². The summed E-state index contributed by atoms with van der Waals surface area (Å²) in [4.78, 5) is 2.18. The Kier molecular flexibility index (Phi) is 7.30. The predicted molar refractivity (Wildman–Crippen MR) is 76.8 cm³/mol. The van der Waals surface area contributed by atoms with Crippen LogP contribution in [0, 0.1) is 0 Å². The van der Waals surface area contributed by atoms with Crippen molar-refractivity contribution in [3.63, 3.8) is 0 Å². The van der Waals surface area contributed by atoms with Crippen LogP contribution in [0.4, 0.5) is 0 Å². The molecule has 0 saturated heterocycles. The van der Waals surface area contributed by atoms with Crippen molar-refractivity contribution in [3.8, 4) is 0 Å². The van der Waals surface area contributed by atoms with Gasteiger partial charge >= 0.3 is 0 Å². The minimum Gasteiger partial charge on any atom is -0.309 e. The fourth-order valence-corrected chi connectivity index (χ4v) is 2.01. The lowest BCUT2D eigenvalue weighted by Gasteiger charge is -2.08. The molecule has 0 atom stereocenters. The number of hydrogen-bond acceptors (Lipinski definition) is 1. The largest absolute Gasteiger partial charge is 0.309 e. The summed E-state index contributed by atoms with van der Waals surface area (Å²) in [6.45, 7) is 1.08. The van der Waals surface area contributed by atoms with E-state index in [1.54, 1.807) is 0 Å². The standard InChI is InChI=1S/C10H14ClN.C5H10/c1-12(2)8-7-9-3-5-10(11)6-4-9;1-2-4-5-3-1/h3-6H,7-8H2,1-2H3;1-5H2. The molecule has 0 unspecified atom stereocenters. The number of nitrogens with zero attached hydrogens (tertiary/aromatic N) is 1. The van der Waals surface area contributed by atoms with E-state index in [0.717, 1.165) is 18.0 Å². The van der Waals surface area contributed by atoms with Gasteiger partial charge in [-0.3, -0.25) is 0 Å². The molecule has 1 saturated carbocycles. The van der Waals surface area contributed by atoms with Crippen LogP contribution >= 0.6 is 11.6 Å². The van der Waals surface area contributed by atoms with E-state index in [2.05, 4.69) is 31.1 Å². The van der Waals surface area contributed by atoms with E-state index < -0.39 is 0 Å². The number of benzene rings is 1. The summed E-state index contributed by atoms with van der Waals surface area (Å²) in [5.41, 5.74) is 1.34. The molecule has 1 aromatic rings. The molecule has 1 aromatic carbocycles. The van der Waals surface area contributed by atoms with E-state index in [0.29, 0.717) is 0 Å². The van der Waals surface area contributed by atoms with Crippen LogP contribution in [0.3, 0.4) is 0 Å². The SMILES string of the molecule is C1CCCC1.CN(C)CCc1ccc(Cl)cc1. The summed E-state index contributed by atoms with van der Waals surface area (Å²) in [6, 6.07) is 8.02. The van der Waals surface area contributed by atoms with Gasteiger partial charge < -0.3 is 4.90 Å². The molecule has 0 heterocycles. The summed E-state index contributed by atoms with van der Waals surface area (Å²) in [5, 5.41) is 0.809. The fraction of sp³-hybridized carbons (Fsp3) is 0.600. The zero-order valence-corrected chi connectivity index (χ0v) is 11.8. The Balaban J connectivity index is 0.000000239. The highest BCUT2D eigenvalue weighted by molar-refractivity contribution is 6.30. The van der Waals surface area contributed by atoms with Crippen molar-refractivity contribution in [2.75, 3.05) is 20.6 Å². The van der Waals surface area contributed by atoms with Crippen LogP contribution < -0.4 is 0 Å². The lowest BCUT2D eigenvalue weighted by Crippen LogP contribution is -2.14. The minimum absolute atomic E-state index is 0.809. The average molecular weight is 254 g/mol. The maximum absolute atomic E-state index is 5.76. The van der Waals surface area contributed by atoms with Crippen LogP contribution in [0.5, 0.6) is 0 Å².